The molecule has 0 saturated heterocycles. The summed E-state index contributed by atoms with van der Waals surface area (Å²) >= 11 is 6.04. The van der Waals surface area contributed by atoms with Crippen molar-refractivity contribution < 1.29 is 9.21 Å². The normalized spacial score (nSPS) is 13.6. The van der Waals surface area contributed by atoms with E-state index in [4.69, 9.17) is 16.0 Å². The molecule has 1 aromatic heterocycles. The second-order valence-electron chi connectivity index (χ2n) is 6.66. The van der Waals surface area contributed by atoms with Gasteiger partial charge in [0.2, 0.25) is 5.89 Å². The Balaban J connectivity index is 1.61. The molecule has 0 radical (unpaired) electrons. The summed E-state index contributed by atoms with van der Waals surface area (Å²) in [5.74, 6) is 1.40. The first-order valence-electron chi connectivity index (χ1n) is 8.68. The van der Waals surface area contributed by atoms with Crippen molar-refractivity contribution in [3.63, 3.8) is 0 Å². The minimum Gasteiger partial charge on any atom is -0.440 e. The molecule has 0 aliphatic heterocycles. The van der Waals surface area contributed by atoms with Crippen LogP contribution in [0.15, 0.2) is 59.0 Å². The maximum atomic E-state index is 13.0. The standard InChI is InChI=1S/C21H19ClN2O2/c1-24(13-14-6-5-9-17(22)12-14)21(25)18-19(15-10-11-15)26-20(23-18)16-7-3-2-4-8-16/h2-9,12,15H,10-11,13H2,1H3. The molecule has 5 heteroatoms. The highest BCUT2D eigenvalue weighted by Gasteiger charge is 2.35. The maximum Gasteiger partial charge on any atom is 0.276 e. The van der Waals surface area contributed by atoms with E-state index >= 15 is 0 Å². The second kappa shape index (κ2) is 6.96. The number of nitrogens with zero attached hydrogens (tertiary/aromatic N) is 2. The summed E-state index contributed by atoms with van der Waals surface area (Å²) in [7, 11) is 1.77. The van der Waals surface area contributed by atoms with Crippen LogP contribution in [0.4, 0.5) is 0 Å². The largest absolute Gasteiger partial charge is 0.440 e. The quantitative estimate of drug-likeness (QED) is 0.627. The van der Waals surface area contributed by atoms with E-state index < -0.39 is 0 Å². The fourth-order valence-corrected chi connectivity index (χ4v) is 3.19. The van der Waals surface area contributed by atoms with Gasteiger partial charge in [0.05, 0.1) is 0 Å². The van der Waals surface area contributed by atoms with Crippen LogP contribution in [-0.2, 0) is 6.54 Å². The van der Waals surface area contributed by atoms with E-state index in [9.17, 15) is 4.79 Å². The number of halogens is 1. The summed E-state index contributed by atoms with van der Waals surface area (Å²) in [6.07, 6.45) is 2.09. The summed E-state index contributed by atoms with van der Waals surface area (Å²) in [6.45, 7) is 0.469. The molecular weight excluding hydrogens is 348 g/mol. The first-order valence-corrected chi connectivity index (χ1v) is 9.05. The highest BCUT2D eigenvalue weighted by atomic mass is 35.5. The molecule has 1 heterocycles. The number of benzene rings is 2. The number of hydrogen-bond acceptors (Lipinski definition) is 3. The Bertz CT molecular complexity index is 932. The molecule has 132 valence electrons. The third kappa shape index (κ3) is 3.51. The number of carbonyl (C=O) groups excluding carboxylic acids is 1. The molecule has 0 bridgehead atoms. The van der Waals surface area contributed by atoms with Crippen LogP contribution in [0.2, 0.25) is 5.02 Å². The first kappa shape index (κ1) is 16.9. The van der Waals surface area contributed by atoms with Gasteiger partial charge in [0.1, 0.15) is 5.76 Å². The number of rotatable bonds is 5. The zero-order valence-corrected chi connectivity index (χ0v) is 15.2. The van der Waals surface area contributed by atoms with Crippen molar-refractivity contribution in [2.24, 2.45) is 0 Å². The SMILES string of the molecule is CN(Cc1cccc(Cl)c1)C(=O)c1nc(-c2ccccc2)oc1C1CC1. The Morgan fingerprint density at radius 2 is 1.96 bits per heavy atom. The summed E-state index contributed by atoms with van der Waals surface area (Å²) in [5, 5.41) is 0.662. The Kier molecular flexibility index (Phi) is 4.51. The van der Waals surface area contributed by atoms with Crippen molar-refractivity contribution in [3.05, 3.63) is 76.6 Å². The minimum atomic E-state index is -0.127. The number of hydrogen-bond donors (Lipinski definition) is 0. The maximum absolute atomic E-state index is 13.0. The van der Waals surface area contributed by atoms with Gasteiger partial charge in [-0.2, -0.15) is 0 Å². The second-order valence-corrected chi connectivity index (χ2v) is 7.10. The highest BCUT2D eigenvalue weighted by Crippen LogP contribution is 2.43. The summed E-state index contributed by atoms with van der Waals surface area (Å²) < 4.78 is 5.99. The molecular formula is C21H19ClN2O2. The zero-order chi connectivity index (χ0) is 18.1. The molecule has 4 nitrogen and oxygen atoms in total. The lowest BCUT2D eigenvalue weighted by molar-refractivity contribution is 0.0777. The van der Waals surface area contributed by atoms with E-state index in [1.54, 1.807) is 11.9 Å². The predicted octanol–water partition coefficient (Wildman–Crippen LogP) is 5.14. The van der Waals surface area contributed by atoms with Gasteiger partial charge >= 0.3 is 0 Å². The van der Waals surface area contributed by atoms with Crippen LogP contribution in [-0.4, -0.2) is 22.8 Å². The smallest absolute Gasteiger partial charge is 0.276 e. The fourth-order valence-electron chi connectivity index (χ4n) is 2.97. The fraction of sp³-hybridized carbons (Fsp3) is 0.238. The topological polar surface area (TPSA) is 46.3 Å². The molecule has 2 aromatic carbocycles. The number of carbonyl (C=O) groups is 1. The van der Waals surface area contributed by atoms with Gasteiger partial charge in [0, 0.05) is 30.1 Å². The number of amides is 1. The van der Waals surface area contributed by atoms with E-state index in [2.05, 4.69) is 4.98 Å². The lowest BCUT2D eigenvalue weighted by atomic mass is 10.2. The lowest BCUT2D eigenvalue weighted by Gasteiger charge is -2.16. The Labute approximate surface area is 157 Å². The Hall–Kier alpha value is -2.59. The van der Waals surface area contributed by atoms with E-state index in [0.29, 0.717) is 34.8 Å². The van der Waals surface area contributed by atoms with Crippen molar-refractivity contribution in [1.82, 2.24) is 9.88 Å². The van der Waals surface area contributed by atoms with Gasteiger partial charge < -0.3 is 9.32 Å². The van der Waals surface area contributed by atoms with Crippen molar-refractivity contribution in [2.75, 3.05) is 7.05 Å². The van der Waals surface area contributed by atoms with Gasteiger partial charge in [-0.1, -0.05) is 41.9 Å². The van der Waals surface area contributed by atoms with Crippen molar-refractivity contribution >= 4 is 17.5 Å². The van der Waals surface area contributed by atoms with Crippen molar-refractivity contribution in [1.29, 1.82) is 0 Å². The summed E-state index contributed by atoms with van der Waals surface area (Å²) in [4.78, 5) is 19.2. The molecule has 1 saturated carbocycles. The number of oxazole rings is 1. The zero-order valence-electron chi connectivity index (χ0n) is 14.5. The first-order chi connectivity index (χ1) is 12.6. The van der Waals surface area contributed by atoms with E-state index in [-0.39, 0.29) is 5.91 Å². The molecule has 4 rings (SSSR count). The predicted molar refractivity (Wildman–Crippen MR) is 101 cm³/mol. The summed E-state index contributed by atoms with van der Waals surface area (Å²) in [6, 6.07) is 17.2. The van der Waals surface area contributed by atoms with E-state index in [1.807, 2.05) is 54.6 Å². The minimum absolute atomic E-state index is 0.127. The number of aromatic nitrogens is 1. The van der Waals surface area contributed by atoms with Gasteiger partial charge in [-0.25, -0.2) is 4.98 Å². The molecule has 3 aromatic rings. The Morgan fingerprint density at radius 1 is 1.19 bits per heavy atom. The van der Waals surface area contributed by atoms with Crippen LogP contribution in [0.25, 0.3) is 11.5 Å². The van der Waals surface area contributed by atoms with Gasteiger partial charge in [0.25, 0.3) is 5.91 Å². The van der Waals surface area contributed by atoms with Crippen LogP contribution in [0.1, 0.15) is 40.6 Å². The third-order valence-electron chi connectivity index (χ3n) is 4.48. The Morgan fingerprint density at radius 3 is 2.65 bits per heavy atom. The molecule has 1 amide bonds. The molecule has 0 atom stereocenters. The van der Waals surface area contributed by atoms with Gasteiger partial charge in [0.15, 0.2) is 5.69 Å². The molecule has 1 aliphatic rings. The molecule has 0 unspecified atom stereocenters. The van der Waals surface area contributed by atoms with Gasteiger partial charge in [-0.15, -0.1) is 0 Å². The monoisotopic (exact) mass is 366 g/mol. The third-order valence-corrected chi connectivity index (χ3v) is 4.72. The van der Waals surface area contributed by atoms with Crippen LogP contribution in [0.3, 0.4) is 0 Å². The summed E-state index contributed by atoms with van der Waals surface area (Å²) in [5.41, 5.74) is 2.29. The van der Waals surface area contributed by atoms with Gasteiger partial charge in [-0.3, -0.25) is 4.79 Å². The van der Waals surface area contributed by atoms with Crippen molar-refractivity contribution in [3.8, 4) is 11.5 Å². The van der Waals surface area contributed by atoms with Crippen LogP contribution in [0, 0.1) is 0 Å². The highest BCUT2D eigenvalue weighted by molar-refractivity contribution is 6.30. The van der Waals surface area contributed by atoms with Gasteiger partial charge in [-0.05, 0) is 42.7 Å². The average Bonchev–Trinajstić information content (AvgIpc) is 3.40. The molecule has 1 fully saturated rings. The molecule has 1 aliphatic carbocycles. The van der Waals surface area contributed by atoms with Crippen LogP contribution in [0.5, 0.6) is 0 Å². The van der Waals surface area contributed by atoms with Crippen LogP contribution >= 0.6 is 11.6 Å². The van der Waals surface area contributed by atoms with Crippen LogP contribution < -0.4 is 0 Å². The van der Waals surface area contributed by atoms with Crippen molar-refractivity contribution in [2.45, 2.75) is 25.3 Å². The molecule has 26 heavy (non-hydrogen) atoms. The average molecular weight is 367 g/mol. The lowest BCUT2D eigenvalue weighted by Crippen LogP contribution is -2.27. The van der Waals surface area contributed by atoms with E-state index in [0.717, 1.165) is 24.0 Å². The van der Waals surface area contributed by atoms with E-state index in [1.165, 1.54) is 0 Å². The molecule has 0 N–H and O–H groups in total. The molecule has 0 spiro atoms.